The molecule has 3 aromatic carbocycles. The molecule has 0 saturated heterocycles. The van der Waals surface area contributed by atoms with Crippen molar-refractivity contribution in [3.63, 3.8) is 0 Å². The summed E-state index contributed by atoms with van der Waals surface area (Å²) in [4.78, 5) is 24.9. The quantitative estimate of drug-likeness (QED) is 0.314. The first-order valence-corrected chi connectivity index (χ1v) is 12.0. The molecule has 0 unspecified atom stereocenters. The molecule has 0 fully saturated rings. The van der Waals surface area contributed by atoms with Crippen LogP contribution in [0.4, 0.5) is 17.3 Å². The van der Waals surface area contributed by atoms with Crippen LogP contribution >= 0.6 is 0 Å². The second-order valence-electron chi connectivity index (χ2n) is 7.83. The molecule has 10 heteroatoms. The molecule has 2 aromatic heterocycles. The standard InChI is InChI=1S/C25H19N5O4S/c1-15-9-12-17(13-10-15)35(33,34)30-24-23(27-18-6-2-3-7-19(18)28-24)29-20-8-4-5-16-11-14-21(25(31)32)26-22(16)20/h2-14H,1H3,(H,27,29)(H,28,30)(H,31,32). The number of rotatable bonds is 6. The SMILES string of the molecule is Cc1ccc(S(=O)(=O)Nc2nc3ccccc3nc2Nc2cccc3ccc(C(=O)O)nc23)cc1. The maximum atomic E-state index is 13.1. The zero-order chi connectivity index (χ0) is 24.6. The normalized spacial score (nSPS) is 11.5. The number of nitrogens with zero attached hydrogens (tertiary/aromatic N) is 3. The lowest BCUT2D eigenvalue weighted by molar-refractivity contribution is 0.0691. The third-order valence-corrected chi connectivity index (χ3v) is 6.68. The van der Waals surface area contributed by atoms with Crippen molar-refractivity contribution in [1.82, 2.24) is 15.0 Å². The predicted octanol–water partition coefficient (Wildman–Crippen LogP) is 4.73. The molecule has 9 nitrogen and oxygen atoms in total. The monoisotopic (exact) mass is 485 g/mol. The highest BCUT2D eigenvalue weighted by Gasteiger charge is 2.20. The first-order chi connectivity index (χ1) is 16.8. The van der Waals surface area contributed by atoms with E-state index in [0.717, 1.165) is 5.56 Å². The van der Waals surface area contributed by atoms with Crippen molar-refractivity contribution in [2.45, 2.75) is 11.8 Å². The van der Waals surface area contributed by atoms with E-state index in [1.54, 1.807) is 60.7 Å². The van der Waals surface area contributed by atoms with Crippen LogP contribution in [0.15, 0.2) is 83.8 Å². The van der Waals surface area contributed by atoms with Crippen LogP contribution in [0.25, 0.3) is 21.9 Å². The average molecular weight is 486 g/mol. The van der Waals surface area contributed by atoms with Crippen molar-refractivity contribution in [2.75, 3.05) is 10.0 Å². The third-order valence-electron chi connectivity index (χ3n) is 5.33. The van der Waals surface area contributed by atoms with E-state index in [1.807, 2.05) is 6.92 Å². The largest absolute Gasteiger partial charge is 0.477 e. The van der Waals surface area contributed by atoms with Crippen molar-refractivity contribution < 1.29 is 18.3 Å². The zero-order valence-electron chi connectivity index (χ0n) is 18.4. The molecule has 5 aromatic rings. The number of sulfonamides is 1. The Morgan fingerprint density at radius 3 is 2.17 bits per heavy atom. The van der Waals surface area contributed by atoms with Gasteiger partial charge < -0.3 is 10.4 Å². The number of anilines is 3. The van der Waals surface area contributed by atoms with Crippen molar-refractivity contribution in [2.24, 2.45) is 0 Å². The maximum absolute atomic E-state index is 13.1. The molecule has 0 saturated carbocycles. The van der Waals surface area contributed by atoms with Gasteiger partial charge in [-0.25, -0.2) is 28.2 Å². The summed E-state index contributed by atoms with van der Waals surface area (Å²) in [6.07, 6.45) is 0. The van der Waals surface area contributed by atoms with Crippen LogP contribution in [0.1, 0.15) is 16.1 Å². The number of pyridine rings is 1. The maximum Gasteiger partial charge on any atom is 0.354 e. The van der Waals surface area contributed by atoms with Gasteiger partial charge in [0, 0.05) is 5.39 Å². The molecule has 0 spiro atoms. The van der Waals surface area contributed by atoms with Gasteiger partial charge in [-0.1, -0.05) is 48.0 Å². The van der Waals surface area contributed by atoms with Crippen molar-refractivity contribution in [1.29, 1.82) is 0 Å². The molecule has 0 bridgehead atoms. The van der Waals surface area contributed by atoms with E-state index in [4.69, 9.17) is 0 Å². The Kier molecular flexibility index (Phi) is 5.50. The minimum Gasteiger partial charge on any atom is -0.477 e. The summed E-state index contributed by atoms with van der Waals surface area (Å²) in [5.74, 6) is -1.01. The van der Waals surface area contributed by atoms with Gasteiger partial charge in [-0.15, -0.1) is 0 Å². The number of carboxylic acids is 1. The molecule has 0 atom stereocenters. The van der Waals surface area contributed by atoms with Crippen molar-refractivity contribution in [3.05, 3.63) is 90.1 Å². The zero-order valence-corrected chi connectivity index (χ0v) is 19.2. The Labute approximate surface area is 200 Å². The summed E-state index contributed by atoms with van der Waals surface area (Å²) < 4.78 is 28.7. The number of nitrogens with one attached hydrogen (secondary N) is 2. The van der Waals surface area contributed by atoms with Gasteiger partial charge in [0.2, 0.25) is 0 Å². The second-order valence-corrected chi connectivity index (χ2v) is 9.51. The number of benzene rings is 3. The molecule has 0 aliphatic rings. The fourth-order valence-corrected chi connectivity index (χ4v) is 4.57. The minimum atomic E-state index is -3.96. The van der Waals surface area contributed by atoms with E-state index in [1.165, 1.54) is 18.2 Å². The smallest absolute Gasteiger partial charge is 0.354 e. The molecule has 2 heterocycles. The van der Waals surface area contributed by atoms with Gasteiger partial charge in [-0.2, -0.15) is 0 Å². The Hall–Kier alpha value is -4.57. The number of fused-ring (bicyclic) bond motifs is 2. The number of carboxylic acid groups (broad SMARTS) is 1. The Morgan fingerprint density at radius 2 is 1.49 bits per heavy atom. The molecule has 35 heavy (non-hydrogen) atoms. The van der Waals surface area contributed by atoms with Crippen LogP contribution in [0.2, 0.25) is 0 Å². The van der Waals surface area contributed by atoms with Gasteiger partial charge in [0.1, 0.15) is 5.69 Å². The molecule has 174 valence electrons. The van der Waals surface area contributed by atoms with Crippen LogP contribution in [0.3, 0.4) is 0 Å². The highest BCUT2D eigenvalue weighted by Crippen LogP contribution is 2.30. The van der Waals surface area contributed by atoms with E-state index < -0.39 is 16.0 Å². The topological polar surface area (TPSA) is 134 Å². The number of para-hydroxylation sites is 3. The van der Waals surface area contributed by atoms with Gasteiger partial charge in [0.05, 0.1) is 27.1 Å². The summed E-state index contributed by atoms with van der Waals surface area (Å²) in [7, 11) is -3.96. The number of hydrogen-bond donors (Lipinski definition) is 3. The fourth-order valence-electron chi connectivity index (χ4n) is 3.56. The van der Waals surface area contributed by atoms with Crippen LogP contribution in [-0.4, -0.2) is 34.4 Å². The lowest BCUT2D eigenvalue weighted by Crippen LogP contribution is -2.16. The summed E-state index contributed by atoms with van der Waals surface area (Å²) in [6.45, 7) is 1.87. The van der Waals surface area contributed by atoms with Gasteiger partial charge in [0.15, 0.2) is 11.6 Å². The lowest BCUT2D eigenvalue weighted by Gasteiger charge is -2.15. The minimum absolute atomic E-state index is 0.00401. The Bertz CT molecular complexity index is 1700. The first kappa shape index (κ1) is 22.2. The molecule has 0 radical (unpaired) electrons. The van der Waals surface area contributed by atoms with Crippen molar-refractivity contribution in [3.8, 4) is 0 Å². The average Bonchev–Trinajstić information content (AvgIpc) is 2.84. The highest BCUT2D eigenvalue weighted by molar-refractivity contribution is 7.92. The molecule has 5 rings (SSSR count). The van der Waals surface area contributed by atoms with Gasteiger partial charge >= 0.3 is 5.97 Å². The molecule has 3 N–H and O–H groups in total. The van der Waals surface area contributed by atoms with E-state index in [2.05, 4.69) is 25.0 Å². The number of carbonyl (C=O) groups is 1. The molecular weight excluding hydrogens is 466 g/mol. The highest BCUT2D eigenvalue weighted by atomic mass is 32.2. The second kappa shape index (κ2) is 8.65. The lowest BCUT2D eigenvalue weighted by atomic mass is 10.1. The van der Waals surface area contributed by atoms with Crippen LogP contribution in [-0.2, 0) is 10.0 Å². The number of aromatic carboxylic acids is 1. The first-order valence-electron chi connectivity index (χ1n) is 10.6. The number of aryl methyl sites for hydroxylation is 1. The van der Waals surface area contributed by atoms with E-state index in [-0.39, 0.29) is 22.2 Å². The summed E-state index contributed by atoms with van der Waals surface area (Å²) >= 11 is 0. The Morgan fingerprint density at radius 1 is 0.800 bits per heavy atom. The number of hydrogen-bond acceptors (Lipinski definition) is 7. The Balaban J connectivity index is 1.62. The third kappa shape index (κ3) is 4.46. The van der Waals surface area contributed by atoms with E-state index >= 15 is 0 Å². The summed E-state index contributed by atoms with van der Waals surface area (Å²) in [5.41, 5.74) is 2.72. The van der Waals surface area contributed by atoms with Crippen LogP contribution < -0.4 is 10.0 Å². The summed E-state index contributed by atoms with van der Waals surface area (Å²) in [6, 6.07) is 21.9. The van der Waals surface area contributed by atoms with Crippen LogP contribution in [0.5, 0.6) is 0 Å². The molecule has 0 amide bonds. The van der Waals surface area contributed by atoms with E-state index in [9.17, 15) is 18.3 Å². The predicted molar refractivity (Wildman–Crippen MR) is 134 cm³/mol. The number of aromatic nitrogens is 3. The molecule has 0 aliphatic carbocycles. The van der Waals surface area contributed by atoms with Gasteiger partial charge in [-0.05, 0) is 43.3 Å². The van der Waals surface area contributed by atoms with Gasteiger partial charge in [-0.3, -0.25) is 4.72 Å². The van der Waals surface area contributed by atoms with Gasteiger partial charge in [0.25, 0.3) is 10.0 Å². The van der Waals surface area contributed by atoms with E-state index in [0.29, 0.717) is 27.6 Å². The summed E-state index contributed by atoms with van der Waals surface area (Å²) in [5, 5.41) is 13.2. The molecular formula is C25H19N5O4S. The fraction of sp³-hybridized carbons (Fsp3) is 0.0400. The molecule has 0 aliphatic heterocycles. The van der Waals surface area contributed by atoms with Crippen molar-refractivity contribution >= 4 is 55.3 Å². The van der Waals surface area contributed by atoms with Crippen LogP contribution in [0, 0.1) is 6.92 Å².